The summed E-state index contributed by atoms with van der Waals surface area (Å²) in [5.41, 5.74) is 4.01. The maximum Gasteiger partial charge on any atom is 0.416 e. The molecule has 186 valence electrons. The van der Waals surface area contributed by atoms with Gasteiger partial charge in [0.15, 0.2) is 0 Å². The Morgan fingerprint density at radius 2 is 1.67 bits per heavy atom. The third kappa shape index (κ3) is 5.03. The second-order valence-corrected chi connectivity index (χ2v) is 9.68. The Labute approximate surface area is 209 Å². The molecule has 5 rings (SSSR count). The molecule has 0 unspecified atom stereocenters. The van der Waals surface area contributed by atoms with Crippen molar-refractivity contribution in [3.8, 4) is 0 Å². The number of alkyl halides is 3. The van der Waals surface area contributed by atoms with Crippen LogP contribution >= 0.6 is 0 Å². The predicted molar refractivity (Wildman–Crippen MR) is 136 cm³/mol. The molecular formula is C30H29F3N2O. The summed E-state index contributed by atoms with van der Waals surface area (Å²) in [5, 5.41) is 0.959. The molecule has 0 radical (unpaired) electrons. The fourth-order valence-electron chi connectivity index (χ4n) is 5.18. The molecule has 6 heteroatoms. The zero-order valence-corrected chi connectivity index (χ0v) is 20.3. The van der Waals surface area contributed by atoms with Crippen LogP contribution in [0.1, 0.15) is 53.0 Å². The average Bonchev–Trinajstić information content (AvgIpc) is 3.53. The van der Waals surface area contributed by atoms with Crippen molar-refractivity contribution in [3.05, 3.63) is 107 Å². The first-order valence-electron chi connectivity index (χ1n) is 12.4. The van der Waals surface area contributed by atoms with Crippen LogP contribution in [-0.2, 0) is 17.5 Å². The number of carbonyl (C=O) groups excluding carboxylic acids is 1. The van der Waals surface area contributed by atoms with Gasteiger partial charge < -0.3 is 9.47 Å². The first-order chi connectivity index (χ1) is 17.3. The third-order valence-corrected chi connectivity index (χ3v) is 7.12. The molecule has 1 amide bonds. The van der Waals surface area contributed by atoms with Crippen molar-refractivity contribution in [3.63, 3.8) is 0 Å². The third-order valence-electron chi connectivity index (χ3n) is 7.12. The first-order valence-corrected chi connectivity index (χ1v) is 12.4. The highest BCUT2D eigenvalue weighted by Crippen LogP contribution is 2.38. The predicted octanol–water partition coefficient (Wildman–Crippen LogP) is 7.16. The number of halogens is 3. The number of nitrogens with zero attached hydrogens (tertiary/aromatic N) is 2. The Morgan fingerprint density at radius 3 is 2.39 bits per heavy atom. The lowest BCUT2D eigenvalue weighted by Crippen LogP contribution is -2.29. The lowest BCUT2D eigenvalue weighted by molar-refractivity contribution is -0.137. The van der Waals surface area contributed by atoms with Crippen LogP contribution in [0.25, 0.3) is 10.9 Å². The highest BCUT2D eigenvalue weighted by molar-refractivity contribution is 5.87. The summed E-state index contributed by atoms with van der Waals surface area (Å²) >= 11 is 0. The van der Waals surface area contributed by atoms with E-state index < -0.39 is 17.7 Å². The number of hydrogen-bond donors (Lipinski definition) is 0. The van der Waals surface area contributed by atoms with E-state index in [1.54, 1.807) is 6.07 Å². The van der Waals surface area contributed by atoms with E-state index in [0.717, 1.165) is 40.9 Å². The van der Waals surface area contributed by atoms with E-state index >= 15 is 0 Å². The summed E-state index contributed by atoms with van der Waals surface area (Å²) in [4.78, 5) is 15.1. The average molecular weight is 491 g/mol. The number of amides is 1. The molecule has 1 aliphatic rings. The van der Waals surface area contributed by atoms with Crippen LogP contribution in [0.3, 0.4) is 0 Å². The molecule has 3 nitrogen and oxygen atoms in total. The van der Waals surface area contributed by atoms with Gasteiger partial charge in [-0.1, -0.05) is 66.2 Å². The van der Waals surface area contributed by atoms with Crippen LogP contribution in [0.2, 0.25) is 0 Å². The summed E-state index contributed by atoms with van der Waals surface area (Å²) in [6.07, 6.45) is -0.350. The van der Waals surface area contributed by atoms with Crippen molar-refractivity contribution in [1.29, 1.82) is 0 Å². The Kier molecular flexibility index (Phi) is 6.61. The summed E-state index contributed by atoms with van der Waals surface area (Å²) in [6.45, 7) is 4.10. The quantitative estimate of drug-likeness (QED) is 0.281. The van der Waals surface area contributed by atoms with E-state index in [9.17, 15) is 18.0 Å². The van der Waals surface area contributed by atoms with Crippen molar-refractivity contribution in [2.45, 2.75) is 44.8 Å². The minimum Gasteiger partial charge on any atom is -0.343 e. The Hall–Kier alpha value is -3.54. The van der Waals surface area contributed by atoms with Gasteiger partial charge in [-0.2, -0.15) is 13.2 Å². The lowest BCUT2D eigenvalue weighted by atomic mass is 9.87. The lowest BCUT2D eigenvalue weighted by Gasteiger charge is -2.22. The number of para-hydroxylation sites is 1. The molecule has 0 N–H and O–H groups in total. The number of hydrogen-bond acceptors (Lipinski definition) is 1. The van der Waals surface area contributed by atoms with E-state index in [4.69, 9.17) is 0 Å². The number of likely N-dealkylation sites (tertiary alicyclic amines) is 1. The van der Waals surface area contributed by atoms with Gasteiger partial charge >= 0.3 is 6.18 Å². The zero-order valence-electron chi connectivity index (χ0n) is 20.3. The summed E-state index contributed by atoms with van der Waals surface area (Å²) in [7, 11) is 0. The van der Waals surface area contributed by atoms with Gasteiger partial charge in [0, 0.05) is 49.1 Å². The molecule has 2 heterocycles. The van der Waals surface area contributed by atoms with Crippen molar-refractivity contribution >= 4 is 16.8 Å². The molecule has 1 atom stereocenters. The van der Waals surface area contributed by atoms with Crippen molar-refractivity contribution in [2.75, 3.05) is 13.1 Å². The highest BCUT2D eigenvalue weighted by Gasteiger charge is 2.32. The molecule has 1 aromatic heterocycles. The molecule has 36 heavy (non-hydrogen) atoms. The van der Waals surface area contributed by atoms with Crippen molar-refractivity contribution in [1.82, 2.24) is 9.47 Å². The van der Waals surface area contributed by atoms with Gasteiger partial charge in [-0.05, 0) is 48.6 Å². The topological polar surface area (TPSA) is 25.2 Å². The van der Waals surface area contributed by atoms with Gasteiger partial charge in [0.05, 0.1) is 5.56 Å². The molecule has 0 aliphatic carbocycles. The first kappa shape index (κ1) is 24.2. The normalized spacial score (nSPS) is 14.9. The number of rotatable bonds is 6. The van der Waals surface area contributed by atoms with Crippen LogP contribution < -0.4 is 0 Å². The van der Waals surface area contributed by atoms with Crippen LogP contribution in [0.4, 0.5) is 13.2 Å². The van der Waals surface area contributed by atoms with E-state index in [1.165, 1.54) is 17.7 Å². The monoisotopic (exact) mass is 490 g/mol. The number of carbonyl (C=O) groups is 1. The van der Waals surface area contributed by atoms with E-state index in [2.05, 4.69) is 28.8 Å². The summed E-state index contributed by atoms with van der Waals surface area (Å²) < 4.78 is 42.9. The number of aromatic nitrogens is 1. The maximum atomic E-state index is 13.6. The van der Waals surface area contributed by atoms with Gasteiger partial charge in [0.1, 0.15) is 0 Å². The minimum atomic E-state index is -4.45. The second-order valence-electron chi connectivity index (χ2n) is 9.68. The fourth-order valence-corrected chi connectivity index (χ4v) is 5.18. The van der Waals surface area contributed by atoms with Crippen LogP contribution in [-0.4, -0.2) is 28.5 Å². The van der Waals surface area contributed by atoms with Crippen LogP contribution in [0.15, 0.2) is 79.0 Å². The molecule has 0 spiro atoms. The van der Waals surface area contributed by atoms with Gasteiger partial charge in [-0.15, -0.1) is 0 Å². The Morgan fingerprint density at radius 1 is 0.944 bits per heavy atom. The smallest absolute Gasteiger partial charge is 0.343 e. The molecule has 0 bridgehead atoms. The standard InChI is InChI=1S/C30H29F3N2O/c1-21-11-13-22(14-12-21)19-35-20-27(25-9-2-3-10-28(25)35)26(18-29(36)34-15-4-5-16-34)23-7-6-8-24(17-23)30(31,32)33/h2-3,6-14,17,20,26H,4-5,15-16,18-19H2,1H3/t26-/m0/s1. The van der Waals surface area contributed by atoms with Crippen molar-refractivity contribution in [2.24, 2.45) is 0 Å². The molecular weight excluding hydrogens is 461 g/mol. The van der Waals surface area contributed by atoms with Gasteiger partial charge in [-0.3, -0.25) is 4.79 Å². The molecule has 1 fully saturated rings. The zero-order chi connectivity index (χ0) is 25.3. The van der Waals surface area contributed by atoms with E-state index in [-0.39, 0.29) is 12.3 Å². The number of benzene rings is 3. The number of aryl methyl sites for hydroxylation is 1. The van der Waals surface area contributed by atoms with Crippen LogP contribution in [0, 0.1) is 6.92 Å². The van der Waals surface area contributed by atoms with Gasteiger partial charge in [0.25, 0.3) is 0 Å². The second kappa shape index (κ2) is 9.84. The Bertz CT molecular complexity index is 1370. The van der Waals surface area contributed by atoms with E-state index in [1.807, 2.05) is 42.3 Å². The molecule has 1 saturated heterocycles. The largest absolute Gasteiger partial charge is 0.416 e. The minimum absolute atomic E-state index is 0.00900. The molecule has 0 saturated carbocycles. The molecule has 3 aromatic carbocycles. The summed E-state index contributed by atoms with van der Waals surface area (Å²) in [6, 6.07) is 21.7. The number of fused-ring (bicyclic) bond motifs is 1. The highest BCUT2D eigenvalue weighted by atomic mass is 19.4. The molecule has 1 aliphatic heterocycles. The maximum absolute atomic E-state index is 13.6. The van der Waals surface area contributed by atoms with Gasteiger partial charge in [-0.25, -0.2) is 0 Å². The Balaban J connectivity index is 1.60. The van der Waals surface area contributed by atoms with Crippen LogP contribution in [0.5, 0.6) is 0 Å². The summed E-state index contributed by atoms with van der Waals surface area (Å²) in [5.74, 6) is -0.491. The van der Waals surface area contributed by atoms with Crippen molar-refractivity contribution < 1.29 is 18.0 Å². The molecule has 4 aromatic rings. The fraction of sp³-hybridized carbons (Fsp3) is 0.300. The van der Waals surface area contributed by atoms with Gasteiger partial charge in [0.2, 0.25) is 5.91 Å². The SMILES string of the molecule is Cc1ccc(Cn2cc([C@@H](CC(=O)N3CCCC3)c3cccc(C(F)(F)F)c3)c3ccccc32)cc1. The van der Waals surface area contributed by atoms with E-state index in [0.29, 0.717) is 25.2 Å².